The molecule has 0 amide bonds. The first-order valence-corrected chi connectivity index (χ1v) is 15.8. The molecule has 0 spiro atoms. The summed E-state index contributed by atoms with van der Waals surface area (Å²) in [5.41, 5.74) is 5.71. The summed E-state index contributed by atoms with van der Waals surface area (Å²) in [6, 6.07) is 0. The lowest BCUT2D eigenvalue weighted by Gasteiger charge is -2.69. The molecule has 5 heteroatoms. The van der Waals surface area contributed by atoms with E-state index in [9.17, 15) is 0 Å². The highest BCUT2D eigenvalue weighted by Crippen LogP contribution is 2.66. The standard InChI is InChI=1S/C17H40N2OSi2/c1-15(2)16(3,4)20-22(8,9)21(6,7)17(15,5)11-10-13-19-14-12-18/h19H,10-14,18H2,1-9H3. The number of hydrogen-bond donors (Lipinski definition) is 2. The van der Waals surface area contributed by atoms with Crippen LogP contribution in [0.2, 0.25) is 31.2 Å². The highest BCUT2D eigenvalue weighted by molar-refractivity contribution is 7.39. The first-order chi connectivity index (χ1) is 9.77. The van der Waals surface area contributed by atoms with Gasteiger partial charge >= 0.3 is 0 Å². The van der Waals surface area contributed by atoms with E-state index in [-0.39, 0.29) is 11.0 Å². The second-order valence-corrected chi connectivity index (χ2v) is 24.3. The van der Waals surface area contributed by atoms with E-state index < -0.39 is 15.4 Å². The maximum atomic E-state index is 6.80. The molecule has 1 atom stereocenters. The minimum atomic E-state index is -1.65. The van der Waals surface area contributed by atoms with Crippen LogP contribution in [-0.2, 0) is 4.43 Å². The fourth-order valence-electron chi connectivity index (χ4n) is 4.42. The van der Waals surface area contributed by atoms with Crippen LogP contribution in [-0.4, -0.2) is 40.7 Å². The summed E-state index contributed by atoms with van der Waals surface area (Å²) in [7, 11) is -3.15. The van der Waals surface area contributed by atoms with Crippen molar-refractivity contribution in [3.63, 3.8) is 0 Å². The van der Waals surface area contributed by atoms with E-state index in [1.54, 1.807) is 0 Å². The zero-order valence-corrected chi connectivity index (χ0v) is 18.5. The minimum absolute atomic E-state index is 0.0509. The third-order valence-electron chi connectivity index (χ3n) is 7.63. The number of nitrogens with one attached hydrogen (secondary N) is 1. The van der Waals surface area contributed by atoms with E-state index in [4.69, 9.17) is 10.2 Å². The van der Waals surface area contributed by atoms with E-state index in [0.717, 1.165) is 19.6 Å². The van der Waals surface area contributed by atoms with Gasteiger partial charge in [-0.05, 0) is 56.8 Å². The van der Waals surface area contributed by atoms with Gasteiger partial charge in [-0.25, -0.2) is 0 Å². The molecule has 0 bridgehead atoms. The summed E-state index contributed by atoms with van der Waals surface area (Å²) in [6.07, 6.45) is 2.52. The molecule has 0 aliphatic carbocycles. The molecule has 1 aliphatic heterocycles. The molecule has 0 aromatic rings. The summed E-state index contributed by atoms with van der Waals surface area (Å²) in [5.74, 6) is 0. The smallest absolute Gasteiger partial charge is 0.175 e. The van der Waals surface area contributed by atoms with E-state index in [1.807, 2.05) is 0 Å². The monoisotopic (exact) mass is 344 g/mol. The summed E-state index contributed by atoms with van der Waals surface area (Å²) >= 11 is 0. The molecule has 1 heterocycles. The normalized spacial score (nSPS) is 31.9. The fraction of sp³-hybridized carbons (Fsp3) is 1.00. The third-order valence-corrected chi connectivity index (χ3v) is 26.3. The van der Waals surface area contributed by atoms with Crippen molar-refractivity contribution < 1.29 is 4.43 Å². The number of rotatable bonds is 6. The van der Waals surface area contributed by atoms with Crippen LogP contribution in [0.4, 0.5) is 0 Å². The first-order valence-electron chi connectivity index (χ1n) is 8.88. The van der Waals surface area contributed by atoms with Crippen LogP contribution < -0.4 is 11.1 Å². The lowest BCUT2D eigenvalue weighted by molar-refractivity contribution is -0.0574. The molecule has 132 valence electrons. The Balaban J connectivity index is 3.07. The van der Waals surface area contributed by atoms with Gasteiger partial charge < -0.3 is 15.5 Å². The molecule has 0 saturated carbocycles. The summed E-state index contributed by atoms with van der Waals surface area (Å²) in [6.45, 7) is 24.9. The highest BCUT2D eigenvalue weighted by Gasteiger charge is 2.69. The predicted molar refractivity (Wildman–Crippen MR) is 103 cm³/mol. The molecule has 0 aromatic heterocycles. The van der Waals surface area contributed by atoms with Gasteiger partial charge in [0.2, 0.25) is 0 Å². The van der Waals surface area contributed by atoms with Gasteiger partial charge in [-0.1, -0.05) is 33.9 Å². The van der Waals surface area contributed by atoms with Gasteiger partial charge in [-0.3, -0.25) is 0 Å². The molecule has 1 rings (SSSR count). The van der Waals surface area contributed by atoms with Crippen LogP contribution in [0.5, 0.6) is 0 Å². The lowest BCUT2D eigenvalue weighted by Crippen LogP contribution is -2.76. The summed E-state index contributed by atoms with van der Waals surface area (Å²) < 4.78 is 6.80. The second-order valence-electron chi connectivity index (χ2n) is 9.35. The van der Waals surface area contributed by atoms with E-state index in [1.165, 1.54) is 12.8 Å². The van der Waals surface area contributed by atoms with Crippen molar-refractivity contribution in [2.75, 3.05) is 19.6 Å². The maximum Gasteiger partial charge on any atom is 0.175 e. The van der Waals surface area contributed by atoms with Gasteiger partial charge in [-0.15, -0.1) is 0 Å². The van der Waals surface area contributed by atoms with Crippen molar-refractivity contribution in [1.29, 1.82) is 0 Å². The van der Waals surface area contributed by atoms with Crippen molar-refractivity contribution in [2.45, 2.75) is 84.3 Å². The Morgan fingerprint density at radius 2 is 1.50 bits per heavy atom. The van der Waals surface area contributed by atoms with Crippen molar-refractivity contribution in [3.05, 3.63) is 0 Å². The molecule has 3 nitrogen and oxygen atoms in total. The molecular formula is C17H40N2OSi2. The second kappa shape index (κ2) is 6.32. The lowest BCUT2D eigenvalue weighted by atomic mass is 9.66. The Hall–Kier alpha value is 0.314. The fourth-order valence-corrected chi connectivity index (χ4v) is 17.0. The van der Waals surface area contributed by atoms with Gasteiger partial charge in [0, 0.05) is 13.1 Å². The molecule has 22 heavy (non-hydrogen) atoms. The summed E-state index contributed by atoms with van der Waals surface area (Å²) in [4.78, 5) is 0. The Bertz CT molecular complexity index is 366. The molecule has 0 aromatic carbocycles. The molecule has 1 saturated heterocycles. The average molecular weight is 345 g/mol. The van der Waals surface area contributed by atoms with Crippen LogP contribution >= 0.6 is 0 Å². The summed E-state index contributed by atoms with van der Waals surface area (Å²) in [5, 5.41) is 3.85. The molecule has 3 N–H and O–H groups in total. The van der Waals surface area contributed by atoms with Crippen LogP contribution in [0, 0.1) is 5.41 Å². The van der Waals surface area contributed by atoms with Gasteiger partial charge in [0.05, 0.1) is 13.2 Å². The van der Waals surface area contributed by atoms with Gasteiger partial charge in [0.25, 0.3) is 0 Å². The minimum Gasteiger partial charge on any atom is -0.415 e. The Morgan fingerprint density at radius 3 is 2.00 bits per heavy atom. The largest absolute Gasteiger partial charge is 0.415 e. The van der Waals surface area contributed by atoms with Gasteiger partial charge in [0.1, 0.15) is 0 Å². The Kier molecular flexibility index (Phi) is 5.85. The quantitative estimate of drug-likeness (QED) is 0.567. The average Bonchev–Trinajstić information content (AvgIpc) is 2.35. The maximum absolute atomic E-state index is 6.80. The topological polar surface area (TPSA) is 47.3 Å². The third kappa shape index (κ3) is 2.99. The molecule has 1 unspecified atom stereocenters. The van der Waals surface area contributed by atoms with E-state index in [0.29, 0.717) is 5.04 Å². The predicted octanol–water partition coefficient (Wildman–Crippen LogP) is 3.90. The SMILES string of the molecule is CC1(C)O[Si](C)(C)[Si](C)(C)C(C)(CCCNCCN)C1(C)C. The molecule has 1 aliphatic rings. The van der Waals surface area contributed by atoms with Gasteiger partial charge in [0.15, 0.2) is 7.83 Å². The number of hydrogen-bond acceptors (Lipinski definition) is 3. The van der Waals surface area contributed by atoms with Crippen LogP contribution in [0.3, 0.4) is 0 Å². The van der Waals surface area contributed by atoms with E-state index in [2.05, 4.69) is 66.1 Å². The van der Waals surface area contributed by atoms with Crippen molar-refractivity contribution in [3.8, 4) is 0 Å². The highest BCUT2D eigenvalue weighted by atomic mass is 29.3. The van der Waals surface area contributed by atoms with Crippen molar-refractivity contribution in [2.24, 2.45) is 11.1 Å². The van der Waals surface area contributed by atoms with E-state index >= 15 is 0 Å². The zero-order chi connectivity index (χ0) is 17.4. The van der Waals surface area contributed by atoms with Crippen LogP contribution in [0.15, 0.2) is 0 Å². The van der Waals surface area contributed by atoms with Gasteiger partial charge in [-0.2, -0.15) is 0 Å². The van der Waals surface area contributed by atoms with Crippen molar-refractivity contribution in [1.82, 2.24) is 5.32 Å². The van der Waals surface area contributed by atoms with Crippen LogP contribution in [0.25, 0.3) is 0 Å². The van der Waals surface area contributed by atoms with Crippen molar-refractivity contribution >= 4 is 15.4 Å². The Morgan fingerprint density at radius 1 is 0.955 bits per heavy atom. The zero-order valence-electron chi connectivity index (χ0n) is 16.5. The number of nitrogens with two attached hydrogens (primary N) is 1. The Labute approximate surface area is 140 Å². The van der Waals surface area contributed by atoms with Crippen LogP contribution in [0.1, 0.15) is 47.5 Å². The molecule has 0 radical (unpaired) electrons. The first kappa shape index (κ1) is 20.4. The molecule has 1 fully saturated rings. The molecular weight excluding hydrogens is 304 g/mol.